The molecule has 0 aromatic carbocycles. The van der Waals surface area contributed by atoms with Crippen LogP contribution in [0.15, 0.2) is 0 Å². The van der Waals surface area contributed by atoms with Crippen LogP contribution in [0.2, 0.25) is 0 Å². The molecule has 0 radical (unpaired) electrons. The fourth-order valence-corrected chi connectivity index (χ4v) is 13.4. The van der Waals surface area contributed by atoms with Crippen LogP contribution in [0.4, 0.5) is 0 Å². The van der Waals surface area contributed by atoms with E-state index in [9.17, 15) is 43.2 Å². The lowest BCUT2D eigenvalue weighted by molar-refractivity contribution is -0.161. The molecule has 19 heteroatoms. The Morgan fingerprint density at radius 3 is 0.732 bits per heavy atom. The Morgan fingerprint density at radius 1 is 0.289 bits per heavy atom. The third-order valence-electron chi connectivity index (χ3n) is 18.8. The Labute approximate surface area is 594 Å². The molecule has 97 heavy (non-hydrogen) atoms. The zero-order valence-corrected chi connectivity index (χ0v) is 65.5. The number of esters is 4. The molecule has 3 N–H and O–H groups in total. The van der Waals surface area contributed by atoms with Gasteiger partial charge in [-0.05, 0) is 49.4 Å². The van der Waals surface area contributed by atoms with Crippen molar-refractivity contribution in [3.05, 3.63) is 0 Å². The summed E-state index contributed by atoms with van der Waals surface area (Å²) in [5.74, 6) is 0.999. The predicted octanol–water partition coefficient (Wildman–Crippen LogP) is 22.8. The number of aliphatic hydroxyl groups is 1. The Morgan fingerprint density at radius 2 is 0.495 bits per heavy atom. The largest absolute Gasteiger partial charge is 0.472 e. The van der Waals surface area contributed by atoms with Crippen molar-refractivity contribution in [2.75, 3.05) is 39.6 Å². The molecule has 0 spiro atoms. The molecule has 0 bridgehead atoms. The number of carbonyl (C=O) groups excluding carboxylic acids is 4. The van der Waals surface area contributed by atoms with E-state index in [1.54, 1.807) is 0 Å². The zero-order valence-electron chi connectivity index (χ0n) is 63.7. The Hall–Kier alpha value is -1.94. The van der Waals surface area contributed by atoms with Crippen molar-refractivity contribution in [3.8, 4) is 0 Å². The molecule has 0 heterocycles. The van der Waals surface area contributed by atoms with Gasteiger partial charge in [0.25, 0.3) is 0 Å². The molecule has 7 atom stereocenters. The normalized spacial score (nSPS) is 14.6. The van der Waals surface area contributed by atoms with Crippen molar-refractivity contribution < 1.29 is 80.2 Å². The van der Waals surface area contributed by atoms with Crippen LogP contribution in [0, 0.1) is 23.7 Å². The van der Waals surface area contributed by atoms with Gasteiger partial charge in [-0.3, -0.25) is 37.3 Å². The molecule has 0 saturated heterocycles. The maximum atomic E-state index is 13.1. The van der Waals surface area contributed by atoms with Gasteiger partial charge in [0.15, 0.2) is 12.2 Å². The second kappa shape index (κ2) is 67.2. The van der Waals surface area contributed by atoms with Gasteiger partial charge < -0.3 is 33.8 Å². The first-order valence-electron chi connectivity index (χ1n) is 40.3. The number of aliphatic hydroxyl groups excluding tert-OH is 1. The summed E-state index contributed by atoms with van der Waals surface area (Å²) >= 11 is 0. The van der Waals surface area contributed by atoms with Crippen molar-refractivity contribution in [2.24, 2.45) is 23.7 Å². The first-order chi connectivity index (χ1) is 46.7. The van der Waals surface area contributed by atoms with Crippen molar-refractivity contribution in [2.45, 2.75) is 414 Å². The number of unbranched alkanes of at least 4 members (excludes halogenated alkanes) is 39. The van der Waals surface area contributed by atoms with Gasteiger partial charge in [0.1, 0.15) is 19.3 Å². The highest BCUT2D eigenvalue weighted by Gasteiger charge is 2.30. The van der Waals surface area contributed by atoms with E-state index in [1.807, 2.05) is 0 Å². The van der Waals surface area contributed by atoms with E-state index in [2.05, 4.69) is 55.4 Å². The van der Waals surface area contributed by atoms with Gasteiger partial charge in [0, 0.05) is 25.7 Å². The van der Waals surface area contributed by atoms with Gasteiger partial charge in [-0.1, -0.05) is 344 Å². The van der Waals surface area contributed by atoms with Crippen LogP contribution in [0.5, 0.6) is 0 Å². The van der Waals surface area contributed by atoms with Crippen molar-refractivity contribution in [3.63, 3.8) is 0 Å². The van der Waals surface area contributed by atoms with E-state index in [4.69, 9.17) is 37.0 Å². The molecule has 0 aromatic heterocycles. The van der Waals surface area contributed by atoms with E-state index in [-0.39, 0.29) is 25.7 Å². The molecular weight excluding hydrogens is 1270 g/mol. The van der Waals surface area contributed by atoms with Crippen LogP contribution in [0.3, 0.4) is 0 Å². The first-order valence-corrected chi connectivity index (χ1v) is 43.3. The van der Waals surface area contributed by atoms with Crippen LogP contribution in [0.25, 0.3) is 0 Å². The second-order valence-electron chi connectivity index (χ2n) is 29.5. The maximum absolute atomic E-state index is 13.1. The summed E-state index contributed by atoms with van der Waals surface area (Å²) in [4.78, 5) is 72.9. The van der Waals surface area contributed by atoms with Crippen LogP contribution >= 0.6 is 15.6 Å². The monoisotopic (exact) mass is 1420 g/mol. The topological polar surface area (TPSA) is 237 Å². The Balaban J connectivity index is 5.24. The second-order valence-corrected chi connectivity index (χ2v) is 32.4. The molecule has 0 amide bonds. The lowest BCUT2D eigenvalue weighted by Gasteiger charge is -2.21. The van der Waals surface area contributed by atoms with Crippen LogP contribution in [-0.2, 0) is 65.4 Å². The Kier molecular flexibility index (Phi) is 65.9. The summed E-state index contributed by atoms with van der Waals surface area (Å²) in [6.07, 6.45) is 52.7. The van der Waals surface area contributed by atoms with E-state index in [0.29, 0.717) is 31.6 Å². The van der Waals surface area contributed by atoms with Crippen LogP contribution in [0.1, 0.15) is 396 Å². The molecule has 0 aliphatic heterocycles. The van der Waals surface area contributed by atoms with Crippen LogP contribution < -0.4 is 0 Å². The summed E-state index contributed by atoms with van der Waals surface area (Å²) in [5.41, 5.74) is 0. The molecule has 0 aromatic rings. The maximum Gasteiger partial charge on any atom is 0.472 e. The number of hydrogen-bond donors (Lipinski definition) is 3. The molecule has 17 nitrogen and oxygen atoms in total. The minimum atomic E-state index is -4.96. The molecule has 0 aliphatic rings. The summed E-state index contributed by atoms with van der Waals surface area (Å²) in [5, 5.41) is 10.6. The number of phosphoric acid groups is 2. The number of carbonyl (C=O) groups is 4. The highest BCUT2D eigenvalue weighted by molar-refractivity contribution is 7.47. The molecule has 0 fully saturated rings. The third kappa shape index (κ3) is 69.5. The molecule has 0 aliphatic carbocycles. The fraction of sp³-hybridized carbons (Fsp3) is 0.949. The summed E-state index contributed by atoms with van der Waals surface area (Å²) in [6.45, 7) is 14.2. The van der Waals surface area contributed by atoms with Gasteiger partial charge in [-0.25, -0.2) is 9.13 Å². The highest BCUT2D eigenvalue weighted by atomic mass is 31.2. The quantitative estimate of drug-likeness (QED) is 0.0222. The van der Waals surface area contributed by atoms with Gasteiger partial charge in [-0.2, -0.15) is 0 Å². The lowest BCUT2D eigenvalue weighted by atomic mass is 9.99. The molecule has 4 unspecified atom stereocenters. The SMILES string of the molecule is CCC(C)CCCCCCCCCCCCCCCCC(=O)OC[C@H](COP(=O)(O)OC[C@@H](O)COP(=O)(O)OC[C@@H](COC(=O)CCCCCCCCC(C)C)OC(=O)CCCCCCCCCCCCC(C)CC)OC(=O)CCCCCCCCCCCCCCCC(C)C. The van der Waals surface area contributed by atoms with Crippen molar-refractivity contribution in [1.82, 2.24) is 0 Å². The van der Waals surface area contributed by atoms with Crippen molar-refractivity contribution in [1.29, 1.82) is 0 Å². The van der Waals surface area contributed by atoms with Gasteiger partial charge in [-0.15, -0.1) is 0 Å². The van der Waals surface area contributed by atoms with E-state index < -0.39 is 97.5 Å². The summed E-state index contributed by atoms with van der Waals surface area (Å²) < 4.78 is 68.6. The highest BCUT2D eigenvalue weighted by Crippen LogP contribution is 2.45. The molecule has 0 saturated carbocycles. The summed E-state index contributed by atoms with van der Waals surface area (Å²) in [7, 11) is -9.92. The number of hydrogen-bond acceptors (Lipinski definition) is 15. The minimum absolute atomic E-state index is 0.105. The standard InChI is InChI=1S/C78H152O17P2/c1-9-70(7)56-48-40-31-25-19-15-11-12-16-20-27-33-42-50-58-75(80)88-64-73(94-77(82)60-52-44-34-28-21-17-13-14-18-24-30-38-46-54-68(3)4)66-92-96(84,85)90-62-72(79)63-91-97(86,87)93-67-74(65-89-76(81)59-51-43-37-36-39-47-55-69(5)6)95-78(83)61-53-45-35-29-23-22-26-32-41-49-57-71(8)10-2/h68-74,79H,9-67H2,1-8H3,(H,84,85)(H,86,87)/t70?,71?,72-,73-,74-/m1/s1. The zero-order chi connectivity index (χ0) is 71.7. The first kappa shape index (κ1) is 95.1. The molecule has 0 rings (SSSR count). The van der Waals surface area contributed by atoms with Crippen molar-refractivity contribution >= 4 is 39.5 Å². The van der Waals surface area contributed by atoms with E-state index >= 15 is 0 Å². The van der Waals surface area contributed by atoms with Crippen LogP contribution in [-0.4, -0.2) is 96.7 Å². The number of rotatable bonds is 75. The fourth-order valence-electron chi connectivity index (χ4n) is 11.8. The Bertz CT molecular complexity index is 1910. The van der Waals surface area contributed by atoms with E-state index in [0.717, 1.165) is 114 Å². The van der Waals surface area contributed by atoms with E-state index in [1.165, 1.54) is 193 Å². The third-order valence-corrected chi connectivity index (χ3v) is 20.7. The predicted molar refractivity (Wildman–Crippen MR) is 395 cm³/mol. The average molecular weight is 1420 g/mol. The lowest BCUT2D eigenvalue weighted by Crippen LogP contribution is -2.30. The minimum Gasteiger partial charge on any atom is -0.462 e. The average Bonchev–Trinajstić information content (AvgIpc) is 1.27. The molecular formula is C78H152O17P2. The van der Waals surface area contributed by atoms with Gasteiger partial charge >= 0.3 is 39.5 Å². The van der Waals surface area contributed by atoms with Gasteiger partial charge in [0.2, 0.25) is 0 Å². The smallest absolute Gasteiger partial charge is 0.462 e. The molecule has 576 valence electrons. The summed E-state index contributed by atoms with van der Waals surface area (Å²) in [6, 6.07) is 0. The number of phosphoric ester groups is 2. The van der Waals surface area contributed by atoms with Gasteiger partial charge in [0.05, 0.1) is 26.4 Å². The number of ether oxygens (including phenoxy) is 4.